The molecule has 9 heteroatoms. The number of carbonyl (C=O) groups excluding carboxylic acids is 2. The summed E-state index contributed by atoms with van der Waals surface area (Å²) in [6.45, 7) is 0. The molecule has 0 atom stereocenters. The minimum Gasteiger partial charge on any atom is -0.481 e. The fourth-order valence-corrected chi connectivity index (χ4v) is 2.96. The number of hydrogen-bond acceptors (Lipinski definition) is 4. The molecule has 0 heterocycles. The van der Waals surface area contributed by atoms with Gasteiger partial charge in [0.25, 0.3) is 0 Å². The van der Waals surface area contributed by atoms with Crippen molar-refractivity contribution >= 4 is 52.5 Å². The molecule has 2 aromatic rings. The van der Waals surface area contributed by atoms with Crippen LogP contribution in [0.15, 0.2) is 47.4 Å². The molecule has 0 saturated heterocycles. The van der Waals surface area contributed by atoms with Crippen LogP contribution in [-0.4, -0.2) is 28.6 Å². The summed E-state index contributed by atoms with van der Waals surface area (Å²) in [7, 11) is 0. The van der Waals surface area contributed by atoms with Crippen molar-refractivity contribution in [2.75, 3.05) is 16.4 Å². The number of aliphatic carboxylic acids is 1. The van der Waals surface area contributed by atoms with E-state index in [0.717, 1.165) is 4.90 Å². The van der Waals surface area contributed by atoms with E-state index in [9.17, 15) is 18.8 Å². The lowest BCUT2D eigenvalue weighted by Crippen LogP contribution is -2.14. The largest absolute Gasteiger partial charge is 0.481 e. The number of carboxylic acid groups (broad SMARTS) is 1. The van der Waals surface area contributed by atoms with Crippen LogP contribution in [0.4, 0.5) is 15.8 Å². The number of benzene rings is 2. The number of anilines is 2. The van der Waals surface area contributed by atoms with Gasteiger partial charge in [-0.05, 0) is 36.4 Å². The Hall–Kier alpha value is -2.58. The highest BCUT2D eigenvalue weighted by Gasteiger charge is 2.08. The predicted octanol–water partition coefficient (Wildman–Crippen LogP) is 4.01. The molecule has 0 bridgehead atoms. The molecule has 0 aliphatic rings. The Labute approximate surface area is 164 Å². The van der Waals surface area contributed by atoms with Crippen LogP contribution in [0, 0.1) is 5.82 Å². The molecule has 2 amide bonds. The first-order chi connectivity index (χ1) is 12.8. The molecule has 2 rings (SSSR count). The van der Waals surface area contributed by atoms with Crippen LogP contribution in [0.25, 0.3) is 0 Å². The van der Waals surface area contributed by atoms with Gasteiger partial charge in [0.2, 0.25) is 11.8 Å². The third-order valence-corrected chi connectivity index (χ3v) is 4.54. The fourth-order valence-electron chi connectivity index (χ4n) is 2.03. The van der Waals surface area contributed by atoms with E-state index in [-0.39, 0.29) is 29.5 Å². The second-order valence-electron chi connectivity index (χ2n) is 5.44. The maximum atomic E-state index is 13.1. The number of nitrogens with one attached hydrogen (secondary N) is 2. The summed E-state index contributed by atoms with van der Waals surface area (Å²) in [6.07, 6.45) is -0.358. The molecule has 27 heavy (non-hydrogen) atoms. The molecule has 0 spiro atoms. The summed E-state index contributed by atoms with van der Waals surface area (Å²) >= 11 is 6.92. The van der Waals surface area contributed by atoms with Gasteiger partial charge in [0.15, 0.2) is 0 Å². The second-order valence-corrected chi connectivity index (χ2v) is 6.89. The summed E-state index contributed by atoms with van der Waals surface area (Å²) in [5, 5.41) is 13.7. The lowest BCUT2D eigenvalue weighted by molar-refractivity contribution is -0.138. The molecule has 0 unspecified atom stereocenters. The van der Waals surface area contributed by atoms with Gasteiger partial charge in [-0.3, -0.25) is 14.4 Å². The number of thioether (sulfide) groups is 1. The van der Waals surface area contributed by atoms with Gasteiger partial charge in [0.05, 0.1) is 17.2 Å². The first-order valence-electron chi connectivity index (χ1n) is 7.83. The number of carboxylic acids is 1. The van der Waals surface area contributed by atoms with Crippen LogP contribution in [-0.2, 0) is 14.4 Å². The van der Waals surface area contributed by atoms with Crippen molar-refractivity contribution < 1.29 is 23.9 Å². The molecular formula is C18H16ClFN2O4S. The van der Waals surface area contributed by atoms with E-state index >= 15 is 0 Å². The average Bonchev–Trinajstić information content (AvgIpc) is 2.62. The van der Waals surface area contributed by atoms with E-state index < -0.39 is 17.7 Å². The predicted molar refractivity (Wildman–Crippen MR) is 103 cm³/mol. The highest BCUT2D eigenvalue weighted by Crippen LogP contribution is 2.23. The van der Waals surface area contributed by atoms with E-state index in [1.807, 2.05) is 0 Å². The normalized spacial score (nSPS) is 10.3. The SMILES string of the molecule is O=C(O)CCC(=O)Nc1cccc(SCC(=O)Nc2ccc(F)c(Cl)c2)c1. The Kier molecular flexibility index (Phi) is 7.63. The minimum atomic E-state index is -1.04. The number of rotatable bonds is 8. The molecule has 0 fully saturated rings. The van der Waals surface area contributed by atoms with Gasteiger partial charge < -0.3 is 15.7 Å². The Morgan fingerprint density at radius 2 is 1.70 bits per heavy atom. The van der Waals surface area contributed by atoms with E-state index in [1.165, 1.54) is 30.0 Å². The Bertz CT molecular complexity index is 863. The monoisotopic (exact) mass is 410 g/mol. The van der Waals surface area contributed by atoms with Crippen LogP contribution in [0.1, 0.15) is 12.8 Å². The van der Waals surface area contributed by atoms with Crippen LogP contribution in [0.5, 0.6) is 0 Å². The van der Waals surface area contributed by atoms with Crippen LogP contribution in [0.2, 0.25) is 5.02 Å². The van der Waals surface area contributed by atoms with E-state index in [0.29, 0.717) is 11.4 Å². The molecule has 142 valence electrons. The summed E-state index contributed by atoms with van der Waals surface area (Å²) in [4.78, 5) is 34.9. The Morgan fingerprint density at radius 1 is 1.00 bits per heavy atom. The summed E-state index contributed by atoms with van der Waals surface area (Å²) in [6, 6.07) is 10.8. The molecule has 2 aromatic carbocycles. The van der Waals surface area contributed by atoms with Crippen molar-refractivity contribution in [1.29, 1.82) is 0 Å². The van der Waals surface area contributed by atoms with Gasteiger partial charge in [-0.15, -0.1) is 11.8 Å². The zero-order valence-electron chi connectivity index (χ0n) is 14.0. The Balaban J connectivity index is 1.86. The van der Waals surface area contributed by atoms with Crippen molar-refractivity contribution in [3.63, 3.8) is 0 Å². The number of amides is 2. The molecule has 0 aromatic heterocycles. The van der Waals surface area contributed by atoms with Gasteiger partial charge in [0, 0.05) is 22.7 Å². The second kappa shape index (κ2) is 9.94. The van der Waals surface area contributed by atoms with Crippen molar-refractivity contribution in [2.45, 2.75) is 17.7 Å². The summed E-state index contributed by atoms with van der Waals surface area (Å²) < 4.78 is 13.1. The van der Waals surface area contributed by atoms with E-state index in [4.69, 9.17) is 16.7 Å². The van der Waals surface area contributed by atoms with Crippen molar-refractivity contribution in [2.24, 2.45) is 0 Å². The van der Waals surface area contributed by atoms with Gasteiger partial charge in [-0.2, -0.15) is 0 Å². The third-order valence-electron chi connectivity index (χ3n) is 3.26. The lowest BCUT2D eigenvalue weighted by atomic mass is 10.2. The van der Waals surface area contributed by atoms with Gasteiger partial charge in [-0.25, -0.2) is 4.39 Å². The molecule has 0 saturated carbocycles. The zero-order valence-corrected chi connectivity index (χ0v) is 15.6. The third kappa shape index (κ3) is 7.28. The summed E-state index contributed by atoms with van der Waals surface area (Å²) in [5.41, 5.74) is 0.910. The molecular weight excluding hydrogens is 395 g/mol. The molecule has 0 aliphatic carbocycles. The van der Waals surface area contributed by atoms with Gasteiger partial charge in [0.1, 0.15) is 5.82 Å². The number of halogens is 2. The highest BCUT2D eigenvalue weighted by molar-refractivity contribution is 8.00. The van der Waals surface area contributed by atoms with Crippen molar-refractivity contribution in [1.82, 2.24) is 0 Å². The summed E-state index contributed by atoms with van der Waals surface area (Å²) in [5.74, 6) is -2.19. The van der Waals surface area contributed by atoms with E-state index in [2.05, 4.69) is 10.6 Å². The molecule has 0 aliphatic heterocycles. The zero-order chi connectivity index (χ0) is 19.8. The number of carbonyl (C=O) groups is 3. The van der Waals surface area contributed by atoms with Crippen LogP contribution in [0.3, 0.4) is 0 Å². The first-order valence-corrected chi connectivity index (χ1v) is 9.19. The highest BCUT2D eigenvalue weighted by atomic mass is 35.5. The number of hydrogen-bond donors (Lipinski definition) is 3. The van der Waals surface area contributed by atoms with Crippen LogP contribution >= 0.6 is 23.4 Å². The molecule has 3 N–H and O–H groups in total. The maximum absolute atomic E-state index is 13.1. The van der Waals surface area contributed by atoms with Crippen molar-refractivity contribution in [3.8, 4) is 0 Å². The first kappa shape index (κ1) is 20.7. The average molecular weight is 411 g/mol. The lowest BCUT2D eigenvalue weighted by Gasteiger charge is -2.08. The standard InChI is InChI=1S/C18H16ClFN2O4S/c19-14-9-12(4-5-15(14)20)22-17(24)10-27-13-3-1-2-11(8-13)21-16(23)6-7-18(25)26/h1-5,8-9H,6-7,10H2,(H,21,23)(H,22,24)(H,25,26). The molecule has 6 nitrogen and oxygen atoms in total. The smallest absolute Gasteiger partial charge is 0.303 e. The maximum Gasteiger partial charge on any atom is 0.303 e. The van der Waals surface area contributed by atoms with Crippen molar-refractivity contribution in [3.05, 3.63) is 53.3 Å². The fraction of sp³-hybridized carbons (Fsp3) is 0.167. The quantitative estimate of drug-likeness (QED) is 0.571. The Morgan fingerprint density at radius 3 is 2.41 bits per heavy atom. The van der Waals surface area contributed by atoms with Gasteiger partial charge >= 0.3 is 5.97 Å². The van der Waals surface area contributed by atoms with Gasteiger partial charge in [-0.1, -0.05) is 17.7 Å². The van der Waals surface area contributed by atoms with Crippen LogP contribution < -0.4 is 10.6 Å². The topological polar surface area (TPSA) is 95.5 Å². The van der Waals surface area contributed by atoms with E-state index in [1.54, 1.807) is 24.3 Å². The minimum absolute atomic E-state index is 0.0770. The molecule has 0 radical (unpaired) electrons.